The van der Waals surface area contributed by atoms with E-state index in [-0.39, 0.29) is 5.91 Å². The molecule has 3 N–H and O–H groups in total. The third-order valence-corrected chi connectivity index (χ3v) is 3.77. The molecule has 4 nitrogen and oxygen atoms in total. The van der Waals surface area contributed by atoms with Crippen molar-refractivity contribution < 1.29 is 4.79 Å². The molecule has 0 saturated heterocycles. The lowest BCUT2D eigenvalue weighted by atomic mass is 10.1. The molecule has 0 aromatic rings. The molecule has 0 aromatic carbocycles. The molecule has 2 atom stereocenters. The Balaban J connectivity index is 4.04. The van der Waals surface area contributed by atoms with Crippen LogP contribution in [0.4, 0.5) is 0 Å². The Kier molecular flexibility index (Phi) is 8.70. The van der Waals surface area contributed by atoms with Crippen LogP contribution in [-0.4, -0.2) is 41.9 Å². The van der Waals surface area contributed by atoms with E-state index in [1.54, 1.807) is 0 Å². The minimum absolute atomic E-state index is 0.0850. The van der Waals surface area contributed by atoms with Crippen molar-refractivity contribution in [2.45, 2.75) is 45.2 Å². The fraction of sp³-hybridized carbons (Fsp3) is 0.909. The highest BCUT2D eigenvalue weighted by Gasteiger charge is 2.18. The highest BCUT2D eigenvalue weighted by molar-refractivity contribution is 7.98. The highest BCUT2D eigenvalue weighted by Crippen LogP contribution is 2.14. The summed E-state index contributed by atoms with van der Waals surface area (Å²) in [6.07, 6.45) is 4.62. The maximum Gasteiger partial charge on any atom is 0.233 e. The van der Waals surface area contributed by atoms with Crippen LogP contribution in [0, 0.1) is 0 Å². The molecule has 2 unspecified atom stereocenters. The SMILES string of the molecule is CCC(CSC)N(C)C(C)CCC(=O)NN. The molecule has 0 aliphatic carbocycles. The van der Waals surface area contributed by atoms with E-state index >= 15 is 0 Å². The molecule has 96 valence electrons. The quantitative estimate of drug-likeness (QED) is 0.385. The summed E-state index contributed by atoms with van der Waals surface area (Å²) in [5.41, 5.74) is 2.17. The number of thioether (sulfide) groups is 1. The molecule has 0 saturated carbocycles. The maximum atomic E-state index is 11.0. The van der Waals surface area contributed by atoms with Crippen LogP contribution >= 0.6 is 11.8 Å². The lowest BCUT2D eigenvalue weighted by Crippen LogP contribution is -2.40. The second-order valence-corrected chi connectivity index (χ2v) is 5.05. The van der Waals surface area contributed by atoms with E-state index in [0.717, 1.165) is 18.6 Å². The van der Waals surface area contributed by atoms with E-state index in [1.165, 1.54) is 0 Å². The van der Waals surface area contributed by atoms with Crippen molar-refractivity contribution in [2.24, 2.45) is 5.84 Å². The zero-order valence-corrected chi connectivity index (χ0v) is 11.6. The average molecular weight is 247 g/mol. The number of amides is 1. The van der Waals surface area contributed by atoms with Gasteiger partial charge >= 0.3 is 0 Å². The van der Waals surface area contributed by atoms with E-state index in [4.69, 9.17) is 5.84 Å². The van der Waals surface area contributed by atoms with Crippen LogP contribution in [0.2, 0.25) is 0 Å². The van der Waals surface area contributed by atoms with Gasteiger partial charge in [0.2, 0.25) is 5.91 Å². The second-order valence-electron chi connectivity index (χ2n) is 4.14. The first kappa shape index (κ1) is 15.7. The summed E-state index contributed by atoms with van der Waals surface area (Å²) >= 11 is 1.87. The van der Waals surface area contributed by atoms with E-state index in [1.807, 2.05) is 11.8 Å². The Morgan fingerprint density at radius 2 is 2.19 bits per heavy atom. The zero-order chi connectivity index (χ0) is 12.6. The van der Waals surface area contributed by atoms with Gasteiger partial charge in [0.25, 0.3) is 0 Å². The third kappa shape index (κ3) is 5.72. The Bertz CT molecular complexity index is 202. The molecule has 0 spiro atoms. The Labute approximate surface area is 103 Å². The van der Waals surface area contributed by atoms with Crippen molar-refractivity contribution in [1.82, 2.24) is 10.3 Å². The average Bonchev–Trinajstić information content (AvgIpc) is 2.31. The number of hydrogen-bond donors (Lipinski definition) is 2. The summed E-state index contributed by atoms with van der Waals surface area (Å²) < 4.78 is 0. The van der Waals surface area contributed by atoms with Gasteiger partial charge in [0.15, 0.2) is 0 Å². The number of rotatable bonds is 8. The molecule has 0 aliphatic heterocycles. The van der Waals surface area contributed by atoms with Crippen LogP contribution < -0.4 is 11.3 Å². The maximum absolute atomic E-state index is 11.0. The van der Waals surface area contributed by atoms with Crippen LogP contribution in [-0.2, 0) is 4.79 Å². The molecular formula is C11H25N3OS. The predicted octanol–water partition coefficient (Wildman–Crippen LogP) is 1.22. The van der Waals surface area contributed by atoms with Gasteiger partial charge in [0, 0.05) is 24.3 Å². The minimum atomic E-state index is -0.0850. The summed E-state index contributed by atoms with van der Waals surface area (Å²) in [6, 6.07) is 1.00. The molecule has 0 rings (SSSR count). The Morgan fingerprint density at radius 1 is 1.56 bits per heavy atom. The number of nitrogens with one attached hydrogen (secondary N) is 1. The number of hydrogen-bond acceptors (Lipinski definition) is 4. The number of carbonyl (C=O) groups excluding carboxylic acids is 1. The van der Waals surface area contributed by atoms with E-state index in [9.17, 15) is 4.79 Å². The van der Waals surface area contributed by atoms with Gasteiger partial charge < -0.3 is 0 Å². The molecule has 0 fully saturated rings. The van der Waals surface area contributed by atoms with Gasteiger partial charge in [0.1, 0.15) is 0 Å². The van der Waals surface area contributed by atoms with Crippen molar-refractivity contribution in [2.75, 3.05) is 19.1 Å². The van der Waals surface area contributed by atoms with Gasteiger partial charge in [-0.05, 0) is 33.1 Å². The van der Waals surface area contributed by atoms with Gasteiger partial charge in [-0.25, -0.2) is 5.84 Å². The molecule has 0 aliphatic rings. The third-order valence-electron chi connectivity index (χ3n) is 3.05. The van der Waals surface area contributed by atoms with Crippen molar-refractivity contribution in [1.29, 1.82) is 0 Å². The molecule has 0 radical (unpaired) electrons. The Hall–Kier alpha value is -0.260. The van der Waals surface area contributed by atoms with Gasteiger partial charge in [-0.1, -0.05) is 6.92 Å². The van der Waals surface area contributed by atoms with E-state index in [0.29, 0.717) is 18.5 Å². The van der Waals surface area contributed by atoms with Crippen LogP contribution in [0.1, 0.15) is 33.1 Å². The fourth-order valence-electron chi connectivity index (χ4n) is 1.69. The molecular weight excluding hydrogens is 222 g/mol. The molecule has 0 aromatic heterocycles. The van der Waals surface area contributed by atoms with Crippen molar-refractivity contribution in [3.8, 4) is 0 Å². The van der Waals surface area contributed by atoms with Crippen LogP contribution in [0.25, 0.3) is 0 Å². The molecule has 0 heterocycles. The smallest absolute Gasteiger partial charge is 0.233 e. The van der Waals surface area contributed by atoms with Crippen LogP contribution in [0.3, 0.4) is 0 Å². The van der Waals surface area contributed by atoms with Gasteiger partial charge in [0.05, 0.1) is 0 Å². The summed E-state index contributed by atoms with van der Waals surface area (Å²) in [6.45, 7) is 4.36. The normalized spacial score (nSPS) is 14.9. The number of hydrazine groups is 1. The van der Waals surface area contributed by atoms with Crippen molar-refractivity contribution in [3.63, 3.8) is 0 Å². The first-order valence-corrected chi connectivity index (χ1v) is 7.16. The monoisotopic (exact) mass is 247 g/mol. The van der Waals surface area contributed by atoms with Gasteiger partial charge in [-0.2, -0.15) is 11.8 Å². The topological polar surface area (TPSA) is 58.4 Å². The summed E-state index contributed by atoms with van der Waals surface area (Å²) in [5, 5.41) is 0. The summed E-state index contributed by atoms with van der Waals surface area (Å²) in [5.74, 6) is 6.11. The second kappa shape index (κ2) is 8.84. The number of nitrogens with two attached hydrogens (primary N) is 1. The summed E-state index contributed by atoms with van der Waals surface area (Å²) in [7, 11) is 2.13. The first-order valence-electron chi connectivity index (χ1n) is 5.77. The molecule has 1 amide bonds. The Morgan fingerprint density at radius 3 is 2.62 bits per heavy atom. The van der Waals surface area contributed by atoms with Crippen molar-refractivity contribution in [3.05, 3.63) is 0 Å². The van der Waals surface area contributed by atoms with E-state index < -0.39 is 0 Å². The lowest BCUT2D eigenvalue weighted by molar-refractivity contribution is -0.121. The summed E-state index contributed by atoms with van der Waals surface area (Å²) in [4.78, 5) is 13.4. The van der Waals surface area contributed by atoms with Crippen LogP contribution in [0.5, 0.6) is 0 Å². The zero-order valence-electron chi connectivity index (χ0n) is 10.8. The van der Waals surface area contributed by atoms with Gasteiger partial charge in [-0.3, -0.25) is 15.1 Å². The van der Waals surface area contributed by atoms with Gasteiger partial charge in [-0.15, -0.1) is 0 Å². The molecule has 5 heteroatoms. The van der Waals surface area contributed by atoms with E-state index in [2.05, 4.69) is 37.5 Å². The van der Waals surface area contributed by atoms with Crippen LogP contribution in [0.15, 0.2) is 0 Å². The number of nitrogens with zero attached hydrogens (tertiary/aromatic N) is 1. The largest absolute Gasteiger partial charge is 0.300 e. The predicted molar refractivity (Wildman–Crippen MR) is 71.3 cm³/mol. The molecule has 0 bridgehead atoms. The minimum Gasteiger partial charge on any atom is -0.300 e. The number of carbonyl (C=O) groups is 1. The highest BCUT2D eigenvalue weighted by atomic mass is 32.2. The standard InChI is InChI=1S/C11H25N3OS/c1-5-10(8-16-4)14(3)9(2)6-7-11(15)13-12/h9-10H,5-8,12H2,1-4H3,(H,13,15). The molecule has 16 heavy (non-hydrogen) atoms. The lowest BCUT2D eigenvalue weighted by Gasteiger charge is -2.32. The fourth-order valence-corrected chi connectivity index (χ4v) is 2.55. The van der Waals surface area contributed by atoms with Crippen molar-refractivity contribution >= 4 is 17.7 Å². The first-order chi connectivity index (χ1) is 7.56.